The van der Waals surface area contributed by atoms with Crippen LogP contribution < -0.4 is 4.74 Å². The number of hydrogen-bond acceptors (Lipinski definition) is 6. The van der Waals surface area contributed by atoms with Gasteiger partial charge in [0.1, 0.15) is 24.6 Å². The average molecular weight is 519 g/mol. The molecule has 2 aromatic carbocycles. The summed E-state index contributed by atoms with van der Waals surface area (Å²) in [6.45, 7) is 10.0. The van der Waals surface area contributed by atoms with Gasteiger partial charge in [0.05, 0.1) is 37.8 Å². The third-order valence-electron chi connectivity index (χ3n) is 7.66. The Labute approximate surface area is 227 Å². The Bertz CT molecular complexity index is 1130. The van der Waals surface area contributed by atoms with E-state index >= 15 is 0 Å². The highest BCUT2D eigenvalue weighted by Crippen LogP contribution is 2.34. The van der Waals surface area contributed by atoms with Crippen LogP contribution in [0.2, 0.25) is 0 Å². The van der Waals surface area contributed by atoms with Crippen molar-refractivity contribution in [1.29, 1.82) is 0 Å². The minimum absolute atomic E-state index is 0.275. The summed E-state index contributed by atoms with van der Waals surface area (Å²) in [6.07, 6.45) is 7.85. The molecular formula is C32H42N2O4. The number of aliphatic imine (C=N–C) groups is 2. The second kappa shape index (κ2) is 13.0. The summed E-state index contributed by atoms with van der Waals surface area (Å²) in [5, 5.41) is 0. The molecule has 2 unspecified atom stereocenters. The Balaban J connectivity index is 1.05. The highest BCUT2D eigenvalue weighted by atomic mass is 16.6. The molecule has 2 aliphatic heterocycles. The Morgan fingerprint density at radius 1 is 0.842 bits per heavy atom. The van der Waals surface area contributed by atoms with E-state index in [1.165, 1.54) is 42.7 Å². The molecule has 0 aromatic heterocycles. The standard InChI is InChI=1S/C32H42N2O4/c1-22-13-29(36-20-31-21-38-31)11-12-32(22)34-24(3)15-26-9-7-25(8-10-26)14-23(2)33-28-6-4-5-27(16-28)17-35-18-30-19-37-30/h4-6,11-13,16,25-26,30-31H,7-10,14-15,17-21H2,1-3H3/b33-23-,34-24+. The van der Waals surface area contributed by atoms with Gasteiger partial charge >= 0.3 is 0 Å². The lowest BCUT2D eigenvalue weighted by atomic mass is 9.78. The second-order valence-corrected chi connectivity index (χ2v) is 11.3. The normalized spacial score (nSPS) is 25.3. The minimum Gasteiger partial charge on any atom is -0.491 e. The highest BCUT2D eigenvalue weighted by Gasteiger charge is 2.24. The maximum Gasteiger partial charge on any atom is 0.119 e. The van der Waals surface area contributed by atoms with Crippen molar-refractivity contribution in [2.24, 2.45) is 21.8 Å². The van der Waals surface area contributed by atoms with Crippen LogP contribution in [0.15, 0.2) is 52.4 Å². The molecule has 2 heterocycles. The van der Waals surface area contributed by atoms with E-state index in [0.717, 1.165) is 60.6 Å². The lowest BCUT2D eigenvalue weighted by molar-refractivity contribution is 0.104. The molecule has 2 atom stereocenters. The molecule has 3 fully saturated rings. The van der Waals surface area contributed by atoms with Gasteiger partial charge in [0.15, 0.2) is 0 Å². The van der Waals surface area contributed by atoms with E-state index in [1.807, 2.05) is 6.07 Å². The molecule has 0 N–H and O–H groups in total. The van der Waals surface area contributed by atoms with Gasteiger partial charge in [-0.1, -0.05) is 12.1 Å². The zero-order valence-corrected chi connectivity index (χ0v) is 23.2. The molecular weight excluding hydrogens is 476 g/mol. The zero-order chi connectivity index (χ0) is 26.3. The Hall–Kier alpha value is -2.54. The van der Waals surface area contributed by atoms with E-state index in [0.29, 0.717) is 25.9 Å². The Morgan fingerprint density at radius 2 is 1.50 bits per heavy atom. The van der Waals surface area contributed by atoms with Crippen LogP contribution in [0.25, 0.3) is 0 Å². The average Bonchev–Trinajstić information content (AvgIpc) is 3.82. The number of epoxide rings is 2. The third-order valence-corrected chi connectivity index (χ3v) is 7.66. The third kappa shape index (κ3) is 8.75. The van der Waals surface area contributed by atoms with Gasteiger partial charge in [0.25, 0.3) is 0 Å². The van der Waals surface area contributed by atoms with E-state index in [-0.39, 0.29) is 6.10 Å². The fourth-order valence-electron chi connectivity index (χ4n) is 5.38. The number of hydrogen-bond donors (Lipinski definition) is 0. The van der Waals surface area contributed by atoms with E-state index in [1.54, 1.807) is 0 Å². The molecule has 2 aromatic rings. The van der Waals surface area contributed by atoms with Crippen molar-refractivity contribution in [2.45, 2.75) is 78.1 Å². The van der Waals surface area contributed by atoms with Gasteiger partial charge in [-0.05, 0) is 113 Å². The summed E-state index contributed by atoms with van der Waals surface area (Å²) in [4.78, 5) is 9.88. The van der Waals surface area contributed by atoms with E-state index < -0.39 is 0 Å². The fourth-order valence-corrected chi connectivity index (χ4v) is 5.38. The first-order chi connectivity index (χ1) is 18.5. The summed E-state index contributed by atoms with van der Waals surface area (Å²) in [5.74, 6) is 2.35. The molecule has 0 amide bonds. The van der Waals surface area contributed by atoms with Crippen molar-refractivity contribution in [3.63, 3.8) is 0 Å². The maximum atomic E-state index is 5.80. The molecule has 3 aliphatic rings. The topological polar surface area (TPSA) is 68.2 Å². The van der Waals surface area contributed by atoms with Gasteiger partial charge in [0.2, 0.25) is 0 Å². The van der Waals surface area contributed by atoms with Gasteiger partial charge in [-0.3, -0.25) is 9.98 Å². The summed E-state index contributed by atoms with van der Waals surface area (Å²) in [5.41, 5.74) is 6.85. The highest BCUT2D eigenvalue weighted by molar-refractivity contribution is 5.85. The van der Waals surface area contributed by atoms with Crippen LogP contribution in [-0.2, 0) is 20.8 Å². The summed E-state index contributed by atoms with van der Waals surface area (Å²) in [6, 6.07) is 14.6. The minimum atomic E-state index is 0.275. The predicted molar refractivity (Wildman–Crippen MR) is 152 cm³/mol. The number of benzene rings is 2. The predicted octanol–water partition coefficient (Wildman–Crippen LogP) is 7.16. The molecule has 0 spiro atoms. The number of ether oxygens (including phenoxy) is 4. The molecule has 6 heteroatoms. The van der Waals surface area contributed by atoms with Crippen LogP contribution in [-0.4, -0.2) is 50.1 Å². The molecule has 5 rings (SSSR count). The van der Waals surface area contributed by atoms with Gasteiger partial charge in [-0.15, -0.1) is 0 Å². The first kappa shape index (κ1) is 27.0. The summed E-state index contributed by atoms with van der Waals surface area (Å²) >= 11 is 0. The molecule has 204 valence electrons. The first-order valence-electron chi connectivity index (χ1n) is 14.2. The SMILES string of the molecule is C/C(CC1CCC(C/C(C)=N/c2ccc(OCC3CO3)cc2C)CC1)=N/c1cccc(COCC2CO2)c1. The van der Waals surface area contributed by atoms with Crippen molar-refractivity contribution >= 4 is 22.8 Å². The molecule has 38 heavy (non-hydrogen) atoms. The van der Waals surface area contributed by atoms with Gasteiger partial charge in [-0.2, -0.15) is 0 Å². The first-order valence-corrected chi connectivity index (χ1v) is 14.2. The van der Waals surface area contributed by atoms with E-state index in [9.17, 15) is 0 Å². The van der Waals surface area contributed by atoms with Crippen molar-refractivity contribution in [1.82, 2.24) is 0 Å². The van der Waals surface area contributed by atoms with Crippen molar-refractivity contribution < 1.29 is 18.9 Å². The quantitative estimate of drug-likeness (QED) is 0.208. The largest absolute Gasteiger partial charge is 0.491 e. The molecule has 2 saturated heterocycles. The second-order valence-electron chi connectivity index (χ2n) is 11.3. The van der Waals surface area contributed by atoms with Crippen LogP contribution in [0.5, 0.6) is 5.75 Å². The number of rotatable bonds is 13. The lowest BCUT2D eigenvalue weighted by Crippen LogP contribution is -2.18. The van der Waals surface area contributed by atoms with Gasteiger partial charge in [0, 0.05) is 11.4 Å². The molecule has 6 nitrogen and oxygen atoms in total. The Morgan fingerprint density at radius 3 is 2.16 bits per heavy atom. The zero-order valence-electron chi connectivity index (χ0n) is 23.2. The number of aryl methyl sites for hydroxylation is 1. The smallest absolute Gasteiger partial charge is 0.119 e. The van der Waals surface area contributed by atoms with Crippen molar-refractivity contribution in [2.75, 3.05) is 26.4 Å². The molecule has 0 radical (unpaired) electrons. The monoisotopic (exact) mass is 518 g/mol. The van der Waals surface area contributed by atoms with Gasteiger partial charge < -0.3 is 18.9 Å². The Kier molecular flexibility index (Phi) is 9.26. The molecule has 1 aliphatic carbocycles. The van der Waals surface area contributed by atoms with Crippen LogP contribution in [0, 0.1) is 18.8 Å². The summed E-state index contributed by atoms with van der Waals surface area (Å²) in [7, 11) is 0. The van der Waals surface area contributed by atoms with Crippen LogP contribution >= 0.6 is 0 Å². The van der Waals surface area contributed by atoms with E-state index in [2.05, 4.69) is 57.2 Å². The van der Waals surface area contributed by atoms with Crippen LogP contribution in [0.3, 0.4) is 0 Å². The van der Waals surface area contributed by atoms with Crippen molar-refractivity contribution in [3.8, 4) is 5.75 Å². The van der Waals surface area contributed by atoms with Crippen molar-refractivity contribution in [3.05, 3.63) is 53.6 Å². The van der Waals surface area contributed by atoms with E-state index in [4.69, 9.17) is 28.9 Å². The van der Waals surface area contributed by atoms with Gasteiger partial charge in [-0.25, -0.2) is 0 Å². The number of nitrogens with zero attached hydrogens (tertiary/aromatic N) is 2. The molecule has 0 bridgehead atoms. The summed E-state index contributed by atoms with van der Waals surface area (Å²) < 4.78 is 22.0. The molecule has 1 saturated carbocycles. The van der Waals surface area contributed by atoms with Crippen LogP contribution in [0.1, 0.15) is 63.5 Å². The van der Waals surface area contributed by atoms with Crippen LogP contribution in [0.4, 0.5) is 11.4 Å². The maximum absolute atomic E-state index is 5.80. The fraction of sp³-hybridized carbons (Fsp3) is 0.562. The lowest BCUT2D eigenvalue weighted by Gasteiger charge is -2.28.